The third-order valence-corrected chi connectivity index (χ3v) is 5.42. The molecule has 3 aromatic rings. The zero-order chi connectivity index (χ0) is 20.3. The maximum absolute atomic E-state index is 12.9. The standard InChI is InChI=1S/C21H22N2O4S/c1-13-7-8-16(26-4)15(10-13)12-23(3)21(25)19-14(2)11-18(28-19)22-20(24)17-6-5-9-27-17/h5-11H,12H2,1-4H3,(H,22,24). The summed E-state index contributed by atoms with van der Waals surface area (Å²) in [5, 5.41) is 3.37. The van der Waals surface area contributed by atoms with Crippen molar-refractivity contribution in [3.05, 3.63) is 70.0 Å². The van der Waals surface area contributed by atoms with E-state index < -0.39 is 0 Å². The third-order valence-electron chi connectivity index (χ3n) is 4.28. The number of nitrogens with zero attached hydrogens (tertiary/aromatic N) is 1. The number of thiophene rings is 1. The van der Waals surface area contributed by atoms with Gasteiger partial charge in [-0.15, -0.1) is 11.3 Å². The predicted octanol–water partition coefficient (Wildman–Crippen LogP) is 4.49. The first-order valence-corrected chi connectivity index (χ1v) is 9.55. The Hall–Kier alpha value is -3.06. The van der Waals surface area contributed by atoms with Crippen molar-refractivity contribution < 1.29 is 18.7 Å². The van der Waals surface area contributed by atoms with Gasteiger partial charge in [0.05, 0.1) is 23.3 Å². The first-order chi connectivity index (χ1) is 13.4. The predicted molar refractivity (Wildman–Crippen MR) is 109 cm³/mol. The van der Waals surface area contributed by atoms with E-state index in [4.69, 9.17) is 9.15 Å². The van der Waals surface area contributed by atoms with Gasteiger partial charge in [-0.3, -0.25) is 9.59 Å². The molecule has 2 heterocycles. The highest BCUT2D eigenvalue weighted by Crippen LogP contribution is 2.29. The van der Waals surface area contributed by atoms with Crippen molar-refractivity contribution in [1.82, 2.24) is 4.90 Å². The van der Waals surface area contributed by atoms with E-state index in [0.29, 0.717) is 16.4 Å². The van der Waals surface area contributed by atoms with Gasteiger partial charge in [-0.2, -0.15) is 0 Å². The van der Waals surface area contributed by atoms with Crippen LogP contribution in [0.15, 0.2) is 47.1 Å². The number of methoxy groups -OCH3 is 1. The van der Waals surface area contributed by atoms with E-state index in [2.05, 4.69) is 5.32 Å². The summed E-state index contributed by atoms with van der Waals surface area (Å²) < 4.78 is 10.5. The minimum absolute atomic E-state index is 0.107. The molecule has 146 valence electrons. The number of nitrogens with one attached hydrogen (secondary N) is 1. The summed E-state index contributed by atoms with van der Waals surface area (Å²) in [6, 6.07) is 10.9. The molecule has 7 heteroatoms. The van der Waals surface area contributed by atoms with Gasteiger partial charge in [0.15, 0.2) is 5.76 Å². The number of hydrogen-bond donors (Lipinski definition) is 1. The van der Waals surface area contributed by atoms with Crippen LogP contribution in [0, 0.1) is 13.8 Å². The number of anilines is 1. The monoisotopic (exact) mass is 398 g/mol. The average Bonchev–Trinajstić information content (AvgIpc) is 3.31. The quantitative estimate of drug-likeness (QED) is 0.664. The van der Waals surface area contributed by atoms with Gasteiger partial charge in [0.1, 0.15) is 5.75 Å². The van der Waals surface area contributed by atoms with Crippen LogP contribution in [0.4, 0.5) is 5.00 Å². The largest absolute Gasteiger partial charge is 0.496 e. The minimum Gasteiger partial charge on any atom is -0.496 e. The van der Waals surface area contributed by atoms with Crippen LogP contribution < -0.4 is 10.1 Å². The Bertz CT molecular complexity index is 992. The van der Waals surface area contributed by atoms with Crippen molar-refractivity contribution in [3.63, 3.8) is 0 Å². The molecule has 0 saturated carbocycles. The maximum atomic E-state index is 12.9. The van der Waals surface area contributed by atoms with E-state index in [-0.39, 0.29) is 17.6 Å². The fourth-order valence-electron chi connectivity index (χ4n) is 2.87. The first-order valence-electron chi connectivity index (χ1n) is 8.73. The topological polar surface area (TPSA) is 71.8 Å². The smallest absolute Gasteiger partial charge is 0.291 e. The fraction of sp³-hybridized carbons (Fsp3) is 0.238. The van der Waals surface area contributed by atoms with Crippen molar-refractivity contribution in [2.24, 2.45) is 0 Å². The molecule has 0 aliphatic carbocycles. The number of benzene rings is 1. The second kappa shape index (κ2) is 8.31. The molecule has 0 bridgehead atoms. The van der Waals surface area contributed by atoms with Gasteiger partial charge in [0.25, 0.3) is 11.8 Å². The van der Waals surface area contributed by atoms with Gasteiger partial charge < -0.3 is 19.4 Å². The number of ether oxygens (including phenoxy) is 1. The molecule has 0 fully saturated rings. The molecule has 0 aliphatic rings. The van der Waals surface area contributed by atoms with Crippen LogP contribution in [0.2, 0.25) is 0 Å². The van der Waals surface area contributed by atoms with Crippen LogP contribution >= 0.6 is 11.3 Å². The van der Waals surface area contributed by atoms with Crippen LogP contribution in [-0.4, -0.2) is 30.9 Å². The molecule has 2 aromatic heterocycles. The van der Waals surface area contributed by atoms with Gasteiger partial charge in [0.2, 0.25) is 0 Å². The Kier molecular flexibility index (Phi) is 5.84. The third kappa shape index (κ3) is 4.26. The second-order valence-corrected chi connectivity index (χ2v) is 7.58. The normalized spacial score (nSPS) is 10.6. The van der Waals surface area contributed by atoms with Crippen LogP contribution in [0.3, 0.4) is 0 Å². The molecular formula is C21H22N2O4S. The maximum Gasteiger partial charge on any atom is 0.291 e. The molecule has 0 aliphatic heterocycles. The van der Waals surface area contributed by atoms with Crippen molar-refractivity contribution >= 4 is 28.2 Å². The van der Waals surface area contributed by atoms with Crippen molar-refractivity contribution in [2.45, 2.75) is 20.4 Å². The number of hydrogen-bond acceptors (Lipinski definition) is 5. The number of carbonyl (C=O) groups excluding carboxylic acids is 2. The van der Waals surface area contributed by atoms with E-state index >= 15 is 0 Å². The highest BCUT2D eigenvalue weighted by molar-refractivity contribution is 7.18. The molecular weight excluding hydrogens is 376 g/mol. The summed E-state index contributed by atoms with van der Waals surface area (Å²) in [7, 11) is 3.37. The van der Waals surface area contributed by atoms with Crippen LogP contribution in [0.5, 0.6) is 5.75 Å². The van der Waals surface area contributed by atoms with Gasteiger partial charge in [-0.25, -0.2) is 0 Å². The molecule has 3 rings (SSSR count). The highest BCUT2D eigenvalue weighted by Gasteiger charge is 2.20. The molecule has 1 N–H and O–H groups in total. The summed E-state index contributed by atoms with van der Waals surface area (Å²) in [5.41, 5.74) is 2.86. The molecule has 0 saturated heterocycles. The molecule has 0 atom stereocenters. The Morgan fingerprint density at radius 2 is 2.00 bits per heavy atom. The summed E-state index contributed by atoms with van der Waals surface area (Å²) in [5.74, 6) is 0.523. The van der Waals surface area contributed by atoms with E-state index in [0.717, 1.165) is 22.4 Å². The Balaban J connectivity index is 1.74. The first kappa shape index (κ1) is 19.7. The lowest BCUT2D eigenvalue weighted by Gasteiger charge is -2.19. The van der Waals surface area contributed by atoms with Crippen molar-refractivity contribution in [2.75, 3.05) is 19.5 Å². The SMILES string of the molecule is COc1ccc(C)cc1CN(C)C(=O)c1sc(NC(=O)c2ccco2)cc1C. The van der Waals surface area contributed by atoms with Crippen LogP contribution in [-0.2, 0) is 6.54 Å². The fourth-order valence-corrected chi connectivity index (χ4v) is 3.93. The van der Waals surface area contributed by atoms with Gasteiger partial charge in [-0.05, 0) is 43.7 Å². The van der Waals surface area contributed by atoms with E-state index in [1.165, 1.54) is 17.6 Å². The number of rotatable bonds is 6. The summed E-state index contributed by atoms with van der Waals surface area (Å²) in [6.07, 6.45) is 1.44. The molecule has 1 aromatic carbocycles. The average molecular weight is 398 g/mol. The molecule has 0 radical (unpaired) electrons. The van der Waals surface area contributed by atoms with Crippen LogP contribution in [0.1, 0.15) is 36.9 Å². The minimum atomic E-state index is -0.344. The van der Waals surface area contributed by atoms with Gasteiger partial charge in [0, 0.05) is 19.2 Å². The lowest BCUT2D eigenvalue weighted by atomic mass is 10.1. The number of furan rings is 1. The molecule has 0 spiro atoms. The second-order valence-electron chi connectivity index (χ2n) is 6.53. The van der Waals surface area contributed by atoms with Crippen molar-refractivity contribution in [1.29, 1.82) is 0 Å². The zero-order valence-electron chi connectivity index (χ0n) is 16.2. The number of aryl methyl sites for hydroxylation is 2. The summed E-state index contributed by atoms with van der Waals surface area (Å²) in [6.45, 7) is 4.28. The summed E-state index contributed by atoms with van der Waals surface area (Å²) in [4.78, 5) is 27.3. The van der Waals surface area contributed by atoms with E-state index in [1.54, 1.807) is 37.3 Å². The summed E-state index contributed by atoms with van der Waals surface area (Å²) >= 11 is 1.25. The lowest BCUT2D eigenvalue weighted by Crippen LogP contribution is -2.26. The van der Waals surface area contributed by atoms with E-state index in [1.807, 2.05) is 32.0 Å². The van der Waals surface area contributed by atoms with Gasteiger partial charge >= 0.3 is 0 Å². The Labute approximate surface area is 167 Å². The highest BCUT2D eigenvalue weighted by atomic mass is 32.1. The van der Waals surface area contributed by atoms with Gasteiger partial charge in [-0.1, -0.05) is 17.7 Å². The van der Waals surface area contributed by atoms with Crippen molar-refractivity contribution in [3.8, 4) is 5.75 Å². The zero-order valence-corrected chi connectivity index (χ0v) is 17.1. The van der Waals surface area contributed by atoms with E-state index in [9.17, 15) is 9.59 Å². The number of carbonyl (C=O) groups is 2. The molecule has 6 nitrogen and oxygen atoms in total. The Morgan fingerprint density at radius 3 is 2.68 bits per heavy atom. The van der Waals surface area contributed by atoms with Crippen LogP contribution in [0.25, 0.3) is 0 Å². The molecule has 28 heavy (non-hydrogen) atoms. The molecule has 0 unspecified atom stereocenters. The number of amides is 2. The Morgan fingerprint density at radius 1 is 1.21 bits per heavy atom. The molecule has 2 amide bonds. The lowest BCUT2D eigenvalue weighted by molar-refractivity contribution is 0.0788.